The van der Waals surface area contributed by atoms with Gasteiger partial charge in [0.1, 0.15) is 5.76 Å². The van der Waals surface area contributed by atoms with E-state index in [2.05, 4.69) is 38.0 Å². The molecule has 0 amide bonds. The summed E-state index contributed by atoms with van der Waals surface area (Å²) in [4.78, 5) is 2.36. The molecule has 0 saturated heterocycles. The minimum absolute atomic E-state index is 0.632. The van der Waals surface area contributed by atoms with Crippen molar-refractivity contribution < 1.29 is 4.42 Å². The predicted octanol–water partition coefficient (Wildman–Crippen LogP) is 2.41. The zero-order valence-corrected chi connectivity index (χ0v) is 10.9. The Bertz CT molecular complexity index is 294. The first-order valence-electron chi connectivity index (χ1n) is 6.05. The highest BCUT2D eigenvalue weighted by Crippen LogP contribution is 2.07. The Balaban J connectivity index is 2.07. The summed E-state index contributed by atoms with van der Waals surface area (Å²) in [5.74, 6) is 1.05. The van der Waals surface area contributed by atoms with E-state index in [9.17, 15) is 0 Å². The van der Waals surface area contributed by atoms with E-state index in [0.29, 0.717) is 6.04 Å². The van der Waals surface area contributed by atoms with Crippen LogP contribution in [0.4, 0.5) is 0 Å². The maximum atomic E-state index is 5.36. The van der Waals surface area contributed by atoms with Gasteiger partial charge in [-0.3, -0.25) is 0 Å². The molecule has 1 heterocycles. The predicted molar refractivity (Wildman–Crippen MR) is 67.5 cm³/mol. The minimum Gasteiger partial charge on any atom is -0.468 e. The molecule has 0 radical (unpaired) electrons. The smallest absolute Gasteiger partial charge is 0.120 e. The Morgan fingerprint density at radius 2 is 2.19 bits per heavy atom. The summed E-state index contributed by atoms with van der Waals surface area (Å²) >= 11 is 0. The molecule has 0 aliphatic rings. The fraction of sp³-hybridized carbons (Fsp3) is 0.692. The van der Waals surface area contributed by atoms with Gasteiger partial charge in [-0.15, -0.1) is 0 Å². The normalized spacial score (nSPS) is 11.6. The molecule has 1 aromatic rings. The lowest BCUT2D eigenvalue weighted by atomic mass is 10.2. The quantitative estimate of drug-likeness (QED) is 0.721. The van der Waals surface area contributed by atoms with Crippen LogP contribution in [0.1, 0.15) is 31.6 Å². The zero-order valence-electron chi connectivity index (χ0n) is 10.9. The molecule has 0 bridgehead atoms. The van der Waals surface area contributed by atoms with Crippen LogP contribution in [0.15, 0.2) is 16.7 Å². The van der Waals surface area contributed by atoms with Crippen LogP contribution in [0.25, 0.3) is 0 Å². The van der Waals surface area contributed by atoms with Gasteiger partial charge in [-0.2, -0.15) is 0 Å². The van der Waals surface area contributed by atoms with Gasteiger partial charge in [-0.05, 0) is 59.0 Å². The highest BCUT2D eigenvalue weighted by Gasteiger charge is 2.03. The maximum absolute atomic E-state index is 5.36. The first-order valence-corrected chi connectivity index (χ1v) is 6.05. The third-order valence-electron chi connectivity index (χ3n) is 3.00. The largest absolute Gasteiger partial charge is 0.468 e. The fourth-order valence-corrected chi connectivity index (χ4v) is 1.50. The Kier molecular flexibility index (Phi) is 5.56. The Labute approximate surface area is 98.8 Å². The summed E-state index contributed by atoms with van der Waals surface area (Å²) in [5.41, 5.74) is 1.23. The first-order chi connectivity index (χ1) is 7.61. The lowest BCUT2D eigenvalue weighted by Crippen LogP contribution is -2.29. The molecule has 16 heavy (non-hydrogen) atoms. The summed E-state index contributed by atoms with van der Waals surface area (Å²) < 4.78 is 5.36. The van der Waals surface area contributed by atoms with Gasteiger partial charge >= 0.3 is 0 Å². The van der Waals surface area contributed by atoms with Crippen LogP contribution >= 0.6 is 0 Å². The third kappa shape index (κ3) is 4.37. The molecule has 3 nitrogen and oxygen atoms in total. The third-order valence-corrected chi connectivity index (χ3v) is 3.00. The second-order valence-electron chi connectivity index (χ2n) is 4.63. The second kappa shape index (κ2) is 6.71. The molecular weight excluding hydrogens is 200 g/mol. The summed E-state index contributed by atoms with van der Waals surface area (Å²) in [6, 6.07) is 2.64. The molecule has 0 saturated carbocycles. The van der Waals surface area contributed by atoms with E-state index in [-0.39, 0.29) is 0 Å². The molecular formula is C13H24N2O. The maximum Gasteiger partial charge on any atom is 0.120 e. The molecule has 0 spiro atoms. The SMILES string of the molecule is Cc1ccoc1CNCCCN(C)C(C)C. The Hall–Kier alpha value is -0.800. The number of nitrogens with one attached hydrogen (secondary N) is 1. The van der Waals surface area contributed by atoms with Crippen LogP contribution in [-0.2, 0) is 6.54 Å². The van der Waals surface area contributed by atoms with Gasteiger partial charge in [0.2, 0.25) is 0 Å². The van der Waals surface area contributed by atoms with E-state index >= 15 is 0 Å². The highest BCUT2D eigenvalue weighted by atomic mass is 16.3. The van der Waals surface area contributed by atoms with Crippen molar-refractivity contribution >= 4 is 0 Å². The molecule has 0 aliphatic carbocycles. The zero-order chi connectivity index (χ0) is 12.0. The van der Waals surface area contributed by atoms with Crippen molar-refractivity contribution in [2.24, 2.45) is 0 Å². The molecule has 1 N–H and O–H groups in total. The number of aryl methyl sites for hydroxylation is 1. The highest BCUT2D eigenvalue weighted by molar-refractivity contribution is 5.13. The standard InChI is InChI=1S/C13H24N2O/c1-11(2)15(4)8-5-7-14-10-13-12(3)6-9-16-13/h6,9,11,14H,5,7-8,10H2,1-4H3. The number of nitrogens with zero attached hydrogens (tertiary/aromatic N) is 1. The summed E-state index contributed by atoms with van der Waals surface area (Å²) in [7, 11) is 2.17. The van der Waals surface area contributed by atoms with Gasteiger partial charge in [0.15, 0.2) is 0 Å². The van der Waals surface area contributed by atoms with E-state index < -0.39 is 0 Å². The average Bonchev–Trinajstić information content (AvgIpc) is 2.63. The molecule has 0 fully saturated rings. The van der Waals surface area contributed by atoms with Crippen LogP contribution in [0.5, 0.6) is 0 Å². The lowest BCUT2D eigenvalue weighted by molar-refractivity contribution is 0.269. The molecule has 0 aliphatic heterocycles. The van der Waals surface area contributed by atoms with E-state index in [1.807, 2.05) is 6.07 Å². The van der Waals surface area contributed by atoms with Gasteiger partial charge < -0.3 is 14.6 Å². The van der Waals surface area contributed by atoms with Gasteiger partial charge in [-0.25, -0.2) is 0 Å². The van der Waals surface area contributed by atoms with E-state index in [4.69, 9.17) is 4.42 Å². The number of furan rings is 1. The second-order valence-corrected chi connectivity index (χ2v) is 4.63. The van der Waals surface area contributed by atoms with Crippen LogP contribution < -0.4 is 5.32 Å². The van der Waals surface area contributed by atoms with Crippen molar-refractivity contribution in [1.29, 1.82) is 0 Å². The van der Waals surface area contributed by atoms with Crippen molar-refractivity contribution in [1.82, 2.24) is 10.2 Å². The molecule has 0 unspecified atom stereocenters. The summed E-state index contributed by atoms with van der Waals surface area (Å²) in [6.07, 6.45) is 2.92. The number of hydrogen-bond acceptors (Lipinski definition) is 3. The molecule has 3 heteroatoms. The molecule has 1 rings (SSSR count). The van der Waals surface area contributed by atoms with Gasteiger partial charge in [0, 0.05) is 6.04 Å². The van der Waals surface area contributed by atoms with E-state index in [0.717, 1.165) is 25.4 Å². The van der Waals surface area contributed by atoms with Gasteiger partial charge in [-0.1, -0.05) is 0 Å². The number of hydrogen-bond donors (Lipinski definition) is 1. The lowest BCUT2D eigenvalue weighted by Gasteiger charge is -2.20. The molecule has 0 atom stereocenters. The minimum atomic E-state index is 0.632. The first kappa shape index (κ1) is 13.3. The van der Waals surface area contributed by atoms with Crippen molar-refractivity contribution in [3.05, 3.63) is 23.7 Å². The molecule has 1 aromatic heterocycles. The van der Waals surface area contributed by atoms with Crippen LogP contribution in [0.2, 0.25) is 0 Å². The Morgan fingerprint density at radius 3 is 2.75 bits per heavy atom. The van der Waals surface area contributed by atoms with E-state index in [1.165, 1.54) is 12.0 Å². The van der Waals surface area contributed by atoms with Gasteiger partial charge in [0.05, 0.1) is 12.8 Å². The average molecular weight is 224 g/mol. The topological polar surface area (TPSA) is 28.4 Å². The molecule has 92 valence electrons. The van der Waals surface area contributed by atoms with Crippen molar-refractivity contribution in [3.63, 3.8) is 0 Å². The van der Waals surface area contributed by atoms with Crippen LogP contribution in [0, 0.1) is 6.92 Å². The van der Waals surface area contributed by atoms with Gasteiger partial charge in [0.25, 0.3) is 0 Å². The summed E-state index contributed by atoms with van der Waals surface area (Å²) in [6.45, 7) is 9.54. The fourth-order valence-electron chi connectivity index (χ4n) is 1.50. The van der Waals surface area contributed by atoms with E-state index in [1.54, 1.807) is 6.26 Å². The number of rotatable bonds is 7. The van der Waals surface area contributed by atoms with Crippen LogP contribution in [-0.4, -0.2) is 31.1 Å². The van der Waals surface area contributed by atoms with Crippen molar-refractivity contribution in [2.75, 3.05) is 20.1 Å². The monoisotopic (exact) mass is 224 g/mol. The molecule has 0 aromatic carbocycles. The van der Waals surface area contributed by atoms with Crippen molar-refractivity contribution in [3.8, 4) is 0 Å². The van der Waals surface area contributed by atoms with Crippen LogP contribution in [0.3, 0.4) is 0 Å². The van der Waals surface area contributed by atoms with Crippen molar-refractivity contribution in [2.45, 2.75) is 39.8 Å². The summed E-state index contributed by atoms with van der Waals surface area (Å²) in [5, 5.41) is 3.40. The Morgan fingerprint density at radius 1 is 1.44 bits per heavy atom.